The summed E-state index contributed by atoms with van der Waals surface area (Å²) in [4.78, 5) is 23.9. The number of ether oxygens (including phenoxy) is 1. The molecule has 24 heavy (non-hydrogen) atoms. The number of anilines is 1. The zero-order chi connectivity index (χ0) is 17.3. The molecule has 0 atom stereocenters. The predicted octanol–water partition coefficient (Wildman–Crippen LogP) is 1.92. The van der Waals surface area contributed by atoms with Crippen LogP contribution in [0.5, 0.6) is 0 Å². The maximum absolute atomic E-state index is 12.2. The Bertz CT molecular complexity index is 767. The topological polar surface area (TPSA) is 80.8 Å². The summed E-state index contributed by atoms with van der Waals surface area (Å²) in [6, 6.07) is 4.98. The third-order valence-corrected chi connectivity index (χ3v) is 5.84. The van der Waals surface area contributed by atoms with E-state index in [0.717, 1.165) is 31.2 Å². The van der Waals surface area contributed by atoms with Crippen molar-refractivity contribution in [2.45, 2.75) is 32.1 Å². The Morgan fingerprint density at radius 3 is 2.62 bits per heavy atom. The summed E-state index contributed by atoms with van der Waals surface area (Å²) in [5, 5.41) is 0. The van der Waals surface area contributed by atoms with Crippen LogP contribution in [0.2, 0.25) is 0 Å². The number of hydrogen-bond acceptors (Lipinski definition) is 5. The molecule has 1 saturated carbocycles. The van der Waals surface area contributed by atoms with Crippen molar-refractivity contribution >= 4 is 27.5 Å². The number of sulfonamides is 1. The maximum Gasteiger partial charge on any atom is 0.309 e. The summed E-state index contributed by atoms with van der Waals surface area (Å²) in [5.74, 6) is -0.609. The summed E-state index contributed by atoms with van der Waals surface area (Å²) >= 11 is 0. The van der Waals surface area contributed by atoms with Gasteiger partial charge in [0.05, 0.1) is 17.9 Å². The van der Waals surface area contributed by atoms with Crippen LogP contribution in [0.1, 0.15) is 41.6 Å². The first-order valence-corrected chi connectivity index (χ1v) is 10.0. The molecule has 0 unspecified atom stereocenters. The number of aryl methyl sites for hydroxylation is 1. The molecule has 1 aromatic carbocycles. The molecule has 3 rings (SSSR count). The van der Waals surface area contributed by atoms with Gasteiger partial charge in [-0.15, -0.1) is 0 Å². The van der Waals surface area contributed by atoms with E-state index < -0.39 is 10.0 Å². The summed E-state index contributed by atoms with van der Waals surface area (Å²) in [6.45, 7) is 0.196. The summed E-state index contributed by atoms with van der Waals surface area (Å²) < 4.78 is 30.1. The fourth-order valence-corrected chi connectivity index (χ4v) is 4.06. The van der Waals surface area contributed by atoms with E-state index in [2.05, 4.69) is 0 Å². The van der Waals surface area contributed by atoms with Crippen molar-refractivity contribution in [1.82, 2.24) is 0 Å². The van der Waals surface area contributed by atoms with Crippen LogP contribution in [0.3, 0.4) is 0 Å². The second-order valence-electron chi connectivity index (χ2n) is 6.44. The van der Waals surface area contributed by atoms with Crippen LogP contribution in [0.4, 0.5) is 5.69 Å². The number of carbonyl (C=O) groups is 2. The molecule has 1 aliphatic heterocycles. The number of Topliss-reactive ketones (excluding diaryl/α,β-unsaturated/α-hetero) is 1. The van der Waals surface area contributed by atoms with Crippen LogP contribution in [0, 0.1) is 5.92 Å². The Morgan fingerprint density at radius 2 is 2.00 bits per heavy atom. The Morgan fingerprint density at radius 1 is 1.25 bits per heavy atom. The van der Waals surface area contributed by atoms with Crippen molar-refractivity contribution in [2.75, 3.05) is 23.7 Å². The van der Waals surface area contributed by atoms with Crippen molar-refractivity contribution in [2.24, 2.45) is 5.92 Å². The minimum absolute atomic E-state index is 0.0512. The van der Waals surface area contributed by atoms with Crippen molar-refractivity contribution in [3.63, 3.8) is 0 Å². The molecule has 7 heteroatoms. The fraction of sp³-hybridized carbons (Fsp3) is 0.529. The average molecular weight is 351 g/mol. The molecular weight excluding hydrogens is 330 g/mol. The van der Waals surface area contributed by atoms with E-state index >= 15 is 0 Å². The highest BCUT2D eigenvalue weighted by molar-refractivity contribution is 7.92. The van der Waals surface area contributed by atoms with Crippen molar-refractivity contribution < 1.29 is 22.7 Å². The number of carbonyl (C=O) groups excluding carboxylic acids is 2. The van der Waals surface area contributed by atoms with Gasteiger partial charge in [0.25, 0.3) is 0 Å². The van der Waals surface area contributed by atoms with Gasteiger partial charge in [0.2, 0.25) is 10.0 Å². The second kappa shape index (κ2) is 6.55. The monoisotopic (exact) mass is 351 g/mol. The van der Waals surface area contributed by atoms with Crippen LogP contribution in [0.25, 0.3) is 0 Å². The van der Waals surface area contributed by atoms with Crippen LogP contribution < -0.4 is 4.31 Å². The first-order chi connectivity index (χ1) is 11.4. The van der Waals surface area contributed by atoms with Gasteiger partial charge in [-0.2, -0.15) is 0 Å². The lowest BCUT2D eigenvalue weighted by Gasteiger charge is -2.29. The van der Waals surface area contributed by atoms with Crippen LogP contribution in [0.15, 0.2) is 18.2 Å². The summed E-state index contributed by atoms with van der Waals surface area (Å²) in [5.41, 5.74) is 1.92. The highest BCUT2D eigenvalue weighted by Gasteiger charge is 2.28. The SMILES string of the molecule is CS(=O)(=O)N1CCCc2cc(C(=O)COC(=O)C3CCC3)ccc21. The van der Waals surface area contributed by atoms with Crippen molar-refractivity contribution in [3.05, 3.63) is 29.3 Å². The van der Waals surface area contributed by atoms with E-state index in [4.69, 9.17) is 4.74 Å². The molecule has 2 aliphatic rings. The molecule has 0 bridgehead atoms. The molecule has 1 fully saturated rings. The Kier molecular flexibility index (Phi) is 4.62. The van der Waals surface area contributed by atoms with E-state index in [1.165, 1.54) is 10.6 Å². The third-order valence-electron chi connectivity index (χ3n) is 4.66. The summed E-state index contributed by atoms with van der Waals surface area (Å²) in [6.07, 6.45) is 5.34. The molecule has 1 heterocycles. The van der Waals surface area contributed by atoms with Gasteiger partial charge in [-0.1, -0.05) is 6.42 Å². The Labute approximate surface area is 141 Å². The minimum Gasteiger partial charge on any atom is -0.457 e. The quantitative estimate of drug-likeness (QED) is 0.598. The molecule has 0 spiro atoms. The van der Waals surface area contributed by atoms with Gasteiger partial charge in [0.15, 0.2) is 12.4 Å². The average Bonchev–Trinajstić information content (AvgIpc) is 2.48. The molecule has 0 N–H and O–H groups in total. The molecule has 0 amide bonds. The van der Waals surface area contributed by atoms with Gasteiger partial charge in [0, 0.05) is 12.1 Å². The van der Waals surface area contributed by atoms with E-state index in [-0.39, 0.29) is 24.3 Å². The molecule has 1 aromatic rings. The second-order valence-corrected chi connectivity index (χ2v) is 8.35. The van der Waals surface area contributed by atoms with Crippen LogP contribution in [-0.4, -0.2) is 39.6 Å². The number of ketones is 1. The number of fused-ring (bicyclic) bond motifs is 1. The first-order valence-electron chi connectivity index (χ1n) is 8.17. The Hall–Kier alpha value is -1.89. The lowest BCUT2D eigenvalue weighted by molar-refractivity contribution is -0.150. The molecular formula is C17H21NO5S. The van der Waals surface area contributed by atoms with Crippen LogP contribution >= 0.6 is 0 Å². The predicted molar refractivity (Wildman–Crippen MR) is 89.6 cm³/mol. The fourth-order valence-electron chi connectivity index (χ4n) is 3.06. The Balaban J connectivity index is 1.71. The van der Waals surface area contributed by atoms with Gasteiger partial charge < -0.3 is 4.74 Å². The van der Waals surface area contributed by atoms with E-state index in [1.807, 2.05) is 0 Å². The van der Waals surface area contributed by atoms with E-state index in [9.17, 15) is 18.0 Å². The highest BCUT2D eigenvalue weighted by Crippen LogP contribution is 2.30. The first kappa shape index (κ1) is 17.0. The van der Waals surface area contributed by atoms with Gasteiger partial charge in [0.1, 0.15) is 0 Å². The number of nitrogens with zero attached hydrogens (tertiary/aromatic N) is 1. The zero-order valence-corrected chi connectivity index (χ0v) is 14.5. The molecule has 0 radical (unpaired) electrons. The van der Waals surface area contributed by atoms with E-state index in [1.54, 1.807) is 18.2 Å². The third kappa shape index (κ3) is 3.45. The van der Waals surface area contributed by atoms with E-state index in [0.29, 0.717) is 24.2 Å². The summed E-state index contributed by atoms with van der Waals surface area (Å²) in [7, 11) is -3.32. The molecule has 6 nitrogen and oxygen atoms in total. The lowest BCUT2D eigenvalue weighted by Crippen LogP contribution is -2.34. The normalized spacial score (nSPS) is 17.8. The van der Waals surface area contributed by atoms with Crippen LogP contribution in [-0.2, 0) is 26.0 Å². The zero-order valence-electron chi connectivity index (χ0n) is 13.7. The van der Waals surface area contributed by atoms with Gasteiger partial charge in [-0.3, -0.25) is 13.9 Å². The van der Waals surface area contributed by atoms with Gasteiger partial charge in [-0.25, -0.2) is 8.42 Å². The number of hydrogen-bond donors (Lipinski definition) is 0. The van der Waals surface area contributed by atoms with Gasteiger partial charge >= 0.3 is 5.97 Å². The minimum atomic E-state index is -3.32. The largest absolute Gasteiger partial charge is 0.457 e. The molecule has 0 aromatic heterocycles. The molecule has 0 saturated heterocycles. The number of benzene rings is 1. The number of esters is 1. The standard InChI is InChI=1S/C17H21NO5S/c1-24(21,22)18-9-3-6-13-10-14(7-8-15(13)18)16(19)11-23-17(20)12-4-2-5-12/h7-8,10,12H,2-6,9,11H2,1H3. The molecule has 130 valence electrons. The van der Waals surface area contributed by atoms with Crippen molar-refractivity contribution in [1.29, 1.82) is 0 Å². The lowest BCUT2D eigenvalue weighted by atomic mass is 9.86. The maximum atomic E-state index is 12.2. The highest BCUT2D eigenvalue weighted by atomic mass is 32.2. The molecule has 1 aliphatic carbocycles. The van der Waals surface area contributed by atoms with Crippen molar-refractivity contribution in [3.8, 4) is 0 Å². The van der Waals surface area contributed by atoms with Gasteiger partial charge in [-0.05, 0) is 49.4 Å². The smallest absolute Gasteiger partial charge is 0.309 e. The number of rotatable bonds is 5.